The number of nitrogens with two attached hydrogens (primary N) is 1. The molecule has 0 aliphatic carbocycles. The number of ether oxygens (including phenoxy) is 1. The van der Waals surface area contributed by atoms with Gasteiger partial charge in [-0.15, -0.1) is 0 Å². The minimum absolute atomic E-state index is 0.00995. The summed E-state index contributed by atoms with van der Waals surface area (Å²) in [6.07, 6.45) is 4.63. The predicted octanol–water partition coefficient (Wildman–Crippen LogP) is 0.716. The highest BCUT2D eigenvalue weighted by Gasteiger charge is 2.16. The molecule has 0 aliphatic heterocycles. The van der Waals surface area contributed by atoms with Crippen LogP contribution >= 0.6 is 0 Å². The molecular formula is C11H17N5O2. The number of nitrogen functional groups attached to an aromatic ring is 1. The minimum Gasteiger partial charge on any atom is -0.394 e. The van der Waals surface area contributed by atoms with Crippen LogP contribution in [0.2, 0.25) is 0 Å². The first-order chi connectivity index (χ1) is 8.77. The van der Waals surface area contributed by atoms with E-state index in [9.17, 15) is 0 Å². The van der Waals surface area contributed by atoms with Gasteiger partial charge in [-0.1, -0.05) is 13.3 Å². The second-order valence-electron chi connectivity index (χ2n) is 3.92. The van der Waals surface area contributed by atoms with E-state index >= 15 is 0 Å². The van der Waals surface area contributed by atoms with Crippen LogP contribution in [0.3, 0.4) is 0 Å². The van der Waals surface area contributed by atoms with E-state index in [0.29, 0.717) is 17.0 Å². The maximum atomic E-state index is 8.84. The first kappa shape index (κ1) is 12.7. The number of fused-ring (bicyclic) bond motifs is 1. The summed E-state index contributed by atoms with van der Waals surface area (Å²) in [5.41, 5.74) is 6.96. The molecule has 1 unspecified atom stereocenters. The summed E-state index contributed by atoms with van der Waals surface area (Å²) >= 11 is 0. The highest BCUT2D eigenvalue weighted by molar-refractivity contribution is 5.81. The SMILES string of the molecule is CCCC(OCCO)n1cnc2c(N)ncnc21. The molecule has 0 bridgehead atoms. The zero-order chi connectivity index (χ0) is 13.0. The van der Waals surface area contributed by atoms with Crippen LogP contribution in [0.4, 0.5) is 5.82 Å². The van der Waals surface area contributed by atoms with E-state index in [0.717, 1.165) is 12.8 Å². The van der Waals surface area contributed by atoms with Crippen molar-refractivity contribution in [3.05, 3.63) is 12.7 Å². The molecule has 0 fully saturated rings. The Morgan fingerprint density at radius 1 is 1.44 bits per heavy atom. The summed E-state index contributed by atoms with van der Waals surface area (Å²) < 4.78 is 7.42. The molecule has 18 heavy (non-hydrogen) atoms. The third-order valence-electron chi connectivity index (χ3n) is 2.63. The Bertz CT molecular complexity index is 513. The molecule has 0 amide bonds. The molecule has 2 aromatic rings. The van der Waals surface area contributed by atoms with Crippen molar-refractivity contribution in [3.63, 3.8) is 0 Å². The van der Waals surface area contributed by atoms with Gasteiger partial charge in [-0.05, 0) is 6.42 Å². The van der Waals surface area contributed by atoms with Gasteiger partial charge in [-0.3, -0.25) is 4.57 Å². The number of nitrogens with zero attached hydrogens (tertiary/aromatic N) is 4. The van der Waals surface area contributed by atoms with E-state index in [2.05, 4.69) is 21.9 Å². The average Bonchev–Trinajstić information content (AvgIpc) is 2.80. The highest BCUT2D eigenvalue weighted by Crippen LogP contribution is 2.22. The molecule has 2 heterocycles. The van der Waals surface area contributed by atoms with Gasteiger partial charge < -0.3 is 15.6 Å². The number of aliphatic hydroxyl groups excluding tert-OH is 1. The van der Waals surface area contributed by atoms with Gasteiger partial charge in [0.1, 0.15) is 18.1 Å². The molecule has 2 aromatic heterocycles. The standard InChI is InChI=1S/C11H17N5O2/c1-2-3-8(18-5-4-17)16-7-15-9-10(12)13-6-14-11(9)16/h6-8,17H,2-5H2,1H3,(H2,12,13,14). The Morgan fingerprint density at radius 2 is 2.28 bits per heavy atom. The van der Waals surface area contributed by atoms with Crippen LogP contribution in [0.15, 0.2) is 12.7 Å². The van der Waals surface area contributed by atoms with Gasteiger partial charge in [-0.2, -0.15) is 0 Å². The zero-order valence-corrected chi connectivity index (χ0v) is 10.3. The topological polar surface area (TPSA) is 99.1 Å². The number of rotatable bonds is 6. The lowest BCUT2D eigenvalue weighted by atomic mass is 10.3. The lowest BCUT2D eigenvalue weighted by Crippen LogP contribution is -2.15. The third-order valence-corrected chi connectivity index (χ3v) is 2.63. The number of imidazole rings is 1. The molecule has 98 valence electrons. The Hall–Kier alpha value is -1.73. The second kappa shape index (κ2) is 5.74. The van der Waals surface area contributed by atoms with Crippen LogP contribution in [0.1, 0.15) is 26.0 Å². The first-order valence-corrected chi connectivity index (χ1v) is 5.93. The molecule has 0 saturated carbocycles. The summed E-state index contributed by atoms with van der Waals surface area (Å²) in [6.45, 7) is 2.34. The van der Waals surface area contributed by atoms with Gasteiger partial charge >= 0.3 is 0 Å². The first-order valence-electron chi connectivity index (χ1n) is 5.93. The van der Waals surface area contributed by atoms with Crippen LogP contribution in [0, 0.1) is 0 Å². The summed E-state index contributed by atoms with van der Waals surface area (Å²) in [7, 11) is 0. The lowest BCUT2D eigenvalue weighted by Gasteiger charge is -2.18. The summed E-state index contributed by atoms with van der Waals surface area (Å²) in [4.78, 5) is 12.3. The van der Waals surface area contributed by atoms with Gasteiger partial charge in [0, 0.05) is 0 Å². The molecule has 0 spiro atoms. The molecular weight excluding hydrogens is 234 g/mol. The molecule has 2 rings (SSSR count). The maximum absolute atomic E-state index is 8.84. The largest absolute Gasteiger partial charge is 0.394 e. The van der Waals surface area contributed by atoms with Gasteiger partial charge in [0.05, 0.1) is 19.5 Å². The van der Waals surface area contributed by atoms with Crippen molar-refractivity contribution in [3.8, 4) is 0 Å². The quantitative estimate of drug-likeness (QED) is 0.784. The van der Waals surface area contributed by atoms with Gasteiger partial charge in [-0.25, -0.2) is 15.0 Å². The van der Waals surface area contributed by atoms with Crippen molar-refractivity contribution in [1.82, 2.24) is 19.5 Å². The van der Waals surface area contributed by atoms with E-state index in [1.807, 2.05) is 4.57 Å². The van der Waals surface area contributed by atoms with Crippen LogP contribution in [-0.4, -0.2) is 37.8 Å². The van der Waals surface area contributed by atoms with Crippen molar-refractivity contribution >= 4 is 17.0 Å². The summed E-state index contributed by atoms with van der Waals surface area (Å²) in [5.74, 6) is 0.358. The molecule has 0 radical (unpaired) electrons. The molecule has 7 heteroatoms. The van der Waals surface area contributed by atoms with E-state index < -0.39 is 0 Å². The smallest absolute Gasteiger partial charge is 0.167 e. The van der Waals surface area contributed by atoms with Crippen molar-refractivity contribution in [2.45, 2.75) is 26.0 Å². The number of hydrogen-bond acceptors (Lipinski definition) is 6. The molecule has 1 atom stereocenters. The monoisotopic (exact) mass is 251 g/mol. The van der Waals surface area contributed by atoms with Crippen LogP contribution < -0.4 is 5.73 Å². The normalized spacial score (nSPS) is 13.0. The van der Waals surface area contributed by atoms with E-state index in [1.165, 1.54) is 6.33 Å². The molecule has 0 aliphatic rings. The third kappa shape index (κ3) is 2.41. The van der Waals surface area contributed by atoms with Gasteiger partial charge in [0.25, 0.3) is 0 Å². The average molecular weight is 251 g/mol. The second-order valence-corrected chi connectivity index (χ2v) is 3.92. The fourth-order valence-electron chi connectivity index (χ4n) is 1.82. The van der Waals surface area contributed by atoms with Crippen LogP contribution in [0.25, 0.3) is 11.2 Å². The van der Waals surface area contributed by atoms with Crippen LogP contribution in [0.5, 0.6) is 0 Å². The predicted molar refractivity (Wildman–Crippen MR) is 66.7 cm³/mol. The minimum atomic E-state index is -0.193. The fourth-order valence-corrected chi connectivity index (χ4v) is 1.82. The number of aromatic nitrogens is 4. The lowest BCUT2D eigenvalue weighted by molar-refractivity contribution is -0.0183. The molecule has 7 nitrogen and oxygen atoms in total. The van der Waals surface area contributed by atoms with Crippen molar-refractivity contribution in [2.24, 2.45) is 0 Å². The fraction of sp³-hybridized carbons (Fsp3) is 0.545. The molecule has 0 aromatic carbocycles. The summed E-state index contributed by atoms with van der Waals surface area (Å²) in [5, 5.41) is 8.84. The Kier molecular flexibility index (Phi) is 4.06. The van der Waals surface area contributed by atoms with Crippen molar-refractivity contribution in [1.29, 1.82) is 0 Å². The summed E-state index contributed by atoms with van der Waals surface area (Å²) in [6, 6.07) is 0. The number of hydrogen-bond donors (Lipinski definition) is 2. The maximum Gasteiger partial charge on any atom is 0.167 e. The Labute approximate surface area is 105 Å². The number of anilines is 1. The molecule has 3 N–H and O–H groups in total. The Morgan fingerprint density at radius 3 is 3.00 bits per heavy atom. The van der Waals surface area contributed by atoms with Gasteiger partial charge in [0.15, 0.2) is 11.5 Å². The molecule has 0 saturated heterocycles. The highest BCUT2D eigenvalue weighted by atomic mass is 16.5. The Balaban J connectivity index is 2.34. The van der Waals surface area contributed by atoms with E-state index in [-0.39, 0.29) is 19.4 Å². The van der Waals surface area contributed by atoms with E-state index in [4.69, 9.17) is 15.6 Å². The van der Waals surface area contributed by atoms with E-state index in [1.54, 1.807) is 6.33 Å². The van der Waals surface area contributed by atoms with Gasteiger partial charge in [0.2, 0.25) is 0 Å². The van der Waals surface area contributed by atoms with Crippen molar-refractivity contribution < 1.29 is 9.84 Å². The van der Waals surface area contributed by atoms with Crippen LogP contribution in [-0.2, 0) is 4.74 Å². The van der Waals surface area contributed by atoms with Crippen molar-refractivity contribution in [2.75, 3.05) is 18.9 Å². The zero-order valence-electron chi connectivity index (χ0n) is 10.3. The number of aliphatic hydroxyl groups is 1.